The molecule has 0 aliphatic carbocycles. The van der Waals surface area contributed by atoms with Crippen molar-refractivity contribution in [1.29, 1.82) is 0 Å². The van der Waals surface area contributed by atoms with Crippen LogP contribution in [0.25, 0.3) is 0 Å². The van der Waals surface area contributed by atoms with Crippen molar-refractivity contribution in [2.75, 3.05) is 20.2 Å². The first kappa shape index (κ1) is 52.3. The summed E-state index contributed by atoms with van der Waals surface area (Å²) in [5.41, 5.74) is 0. The zero-order valence-electron chi connectivity index (χ0n) is 35.6. The second-order valence-corrected chi connectivity index (χ2v) is 16.6. The Hall–Kier alpha value is -1.72. The van der Waals surface area contributed by atoms with E-state index in [4.69, 9.17) is 4.55 Å². The molecular weight excluding hydrogens is 701 g/mol. The Balaban J connectivity index is 0.00000430. The first-order chi connectivity index (χ1) is 26.2. The van der Waals surface area contributed by atoms with Gasteiger partial charge in [-0.25, -0.2) is 0 Å². The summed E-state index contributed by atoms with van der Waals surface area (Å²) in [6.45, 7) is 8.06. The van der Waals surface area contributed by atoms with Crippen LogP contribution in [0, 0.1) is 0 Å². The lowest BCUT2D eigenvalue weighted by atomic mass is 10.0. The number of hydrogen-bond donors (Lipinski definition) is 3. The number of rotatable bonds is 36. The highest BCUT2D eigenvalue weighted by atomic mass is 32.3. The maximum atomic E-state index is 12.7. The van der Waals surface area contributed by atoms with Crippen LogP contribution in [0.5, 0.6) is 0 Å². The molecule has 3 N–H and O–H groups in total. The molecule has 1 aliphatic rings. The monoisotopic (exact) mass is 787 g/mol. The molecule has 0 aromatic carbocycles. The second-order valence-electron chi connectivity index (χ2n) is 15.4. The molecule has 1 atom stereocenters. The van der Waals surface area contributed by atoms with Crippen molar-refractivity contribution in [3.05, 3.63) is 0 Å². The highest BCUT2D eigenvalue weighted by Gasteiger charge is 2.26. The lowest BCUT2D eigenvalue weighted by molar-refractivity contribution is -0.122. The molecule has 54 heavy (non-hydrogen) atoms. The molecule has 1 heterocycles. The summed E-state index contributed by atoms with van der Waals surface area (Å²) < 4.78 is 29.7. The molecule has 0 aromatic rings. The zero-order chi connectivity index (χ0) is 40.0. The van der Waals surface area contributed by atoms with Gasteiger partial charge in [0.15, 0.2) is 0 Å². The summed E-state index contributed by atoms with van der Waals surface area (Å²) in [5, 5.41) is 6.27. The van der Waals surface area contributed by atoms with Crippen LogP contribution in [0.4, 0.5) is 0 Å². The van der Waals surface area contributed by atoms with E-state index in [-0.39, 0.29) is 18.0 Å². The van der Waals surface area contributed by atoms with E-state index in [1.54, 1.807) is 0 Å². The van der Waals surface area contributed by atoms with E-state index in [9.17, 15) is 18.0 Å². The Labute approximate surface area is 333 Å². The van der Waals surface area contributed by atoms with E-state index < -0.39 is 10.4 Å². The fourth-order valence-corrected chi connectivity index (χ4v) is 7.03. The van der Waals surface area contributed by atoms with Crippen LogP contribution in [0.15, 0.2) is 4.99 Å². The lowest BCUT2D eigenvalue weighted by Crippen LogP contribution is -2.53. The van der Waals surface area contributed by atoms with Gasteiger partial charge in [-0.2, -0.15) is 8.42 Å². The van der Waals surface area contributed by atoms with Crippen molar-refractivity contribution in [1.82, 2.24) is 15.5 Å². The molecule has 0 bridgehead atoms. The molecule has 0 radical (unpaired) electrons. The van der Waals surface area contributed by atoms with E-state index in [0.717, 1.165) is 45.8 Å². The molecule has 0 fully saturated rings. The normalized spacial score (nSPS) is 13.4. The summed E-state index contributed by atoms with van der Waals surface area (Å²) in [6, 6.07) is 0. The molecule has 0 spiro atoms. The molecule has 320 valence electrons. The quantitative estimate of drug-likeness (QED) is 0.0424. The molecular formula is C43H86N4O6S. The standard InChI is InChI=1S/C42H82N4O2.CH4O4S/c1-4-7-9-11-13-15-17-19-21-23-25-27-29-31-33-35-40(47)44-39(6-3)46-38-37-43-42(46)45-41(48)36-34-32-30-28-26-24-22-20-18-16-14-12-10-8-5-2;1-5-6(2,3)4/h39H,4-38H2,1-3H3,(H,44,47)(H,43,45,48);1H3,(H,2,3,4). The van der Waals surface area contributed by atoms with Crippen molar-refractivity contribution >= 4 is 28.2 Å². The Morgan fingerprint density at radius 1 is 0.611 bits per heavy atom. The number of amides is 2. The second kappa shape index (κ2) is 38.2. The number of unbranched alkanes of at least 4 members (excludes halogenated alkanes) is 28. The maximum Gasteiger partial charge on any atom is 0.397 e. The van der Waals surface area contributed by atoms with Crippen LogP contribution in [0.1, 0.15) is 233 Å². The third-order valence-corrected chi connectivity index (χ3v) is 10.9. The van der Waals surface area contributed by atoms with Crippen LogP contribution < -0.4 is 10.6 Å². The summed E-state index contributed by atoms with van der Waals surface area (Å²) >= 11 is 0. The molecule has 0 saturated carbocycles. The van der Waals surface area contributed by atoms with Gasteiger partial charge in [-0.1, -0.05) is 201 Å². The Kier molecular flexibility index (Phi) is 37.0. The van der Waals surface area contributed by atoms with E-state index in [1.807, 2.05) is 0 Å². The fourth-order valence-electron chi connectivity index (χ4n) is 7.03. The zero-order valence-corrected chi connectivity index (χ0v) is 36.4. The predicted molar refractivity (Wildman–Crippen MR) is 227 cm³/mol. The summed E-state index contributed by atoms with van der Waals surface area (Å²) in [7, 11) is -3.29. The summed E-state index contributed by atoms with van der Waals surface area (Å²) in [5.74, 6) is 0.807. The van der Waals surface area contributed by atoms with E-state index in [1.165, 1.54) is 167 Å². The number of carbonyl (C=O) groups is 2. The number of nitrogens with zero attached hydrogens (tertiary/aromatic N) is 2. The van der Waals surface area contributed by atoms with E-state index in [0.29, 0.717) is 25.3 Å². The molecule has 0 saturated heterocycles. The maximum absolute atomic E-state index is 12.7. The van der Waals surface area contributed by atoms with Gasteiger partial charge in [0.1, 0.15) is 6.17 Å². The van der Waals surface area contributed by atoms with Gasteiger partial charge in [0.2, 0.25) is 17.8 Å². The van der Waals surface area contributed by atoms with E-state index >= 15 is 0 Å². The molecule has 2 amide bonds. The fraction of sp³-hybridized carbons (Fsp3) is 0.930. The molecule has 1 unspecified atom stereocenters. The van der Waals surface area contributed by atoms with Gasteiger partial charge in [0.25, 0.3) is 0 Å². The minimum Gasteiger partial charge on any atom is -0.336 e. The van der Waals surface area contributed by atoms with Crippen molar-refractivity contribution in [2.45, 2.75) is 239 Å². The van der Waals surface area contributed by atoms with Crippen LogP contribution in [0.2, 0.25) is 0 Å². The topological polar surface area (TPSA) is 137 Å². The molecule has 1 rings (SSSR count). The average Bonchev–Trinajstić information content (AvgIpc) is 3.61. The van der Waals surface area contributed by atoms with Gasteiger partial charge in [0.05, 0.1) is 13.7 Å². The Morgan fingerprint density at radius 2 is 0.926 bits per heavy atom. The highest BCUT2D eigenvalue weighted by molar-refractivity contribution is 7.80. The van der Waals surface area contributed by atoms with Crippen molar-refractivity contribution in [3.8, 4) is 0 Å². The third kappa shape index (κ3) is 34.7. The number of guanidine groups is 1. The van der Waals surface area contributed by atoms with Gasteiger partial charge in [-0.05, 0) is 19.3 Å². The predicted octanol–water partition coefficient (Wildman–Crippen LogP) is 11.6. The number of aliphatic imine (C=N–C) groups is 1. The average molecular weight is 787 g/mol. The molecule has 11 heteroatoms. The van der Waals surface area contributed by atoms with Gasteiger partial charge < -0.3 is 10.2 Å². The van der Waals surface area contributed by atoms with Gasteiger partial charge in [-0.15, -0.1) is 0 Å². The number of nitrogens with one attached hydrogen (secondary N) is 2. The molecule has 10 nitrogen and oxygen atoms in total. The largest absolute Gasteiger partial charge is 0.397 e. The third-order valence-electron chi connectivity index (χ3n) is 10.4. The Bertz CT molecular complexity index is 1010. The van der Waals surface area contributed by atoms with Crippen LogP contribution in [-0.2, 0) is 24.2 Å². The van der Waals surface area contributed by atoms with Crippen molar-refractivity contribution < 1.29 is 26.7 Å². The minimum atomic E-state index is -4.16. The number of carbonyl (C=O) groups excluding carboxylic acids is 2. The summed E-state index contributed by atoms with van der Waals surface area (Å²) in [6.07, 6.45) is 41.6. The summed E-state index contributed by atoms with van der Waals surface area (Å²) in [4.78, 5) is 32.0. The minimum absolute atomic E-state index is 0.0503. The molecule has 1 aliphatic heterocycles. The van der Waals surface area contributed by atoms with Gasteiger partial charge in [0, 0.05) is 19.4 Å². The van der Waals surface area contributed by atoms with E-state index in [2.05, 4.69) is 45.5 Å². The smallest absolute Gasteiger partial charge is 0.336 e. The van der Waals surface area contributed by atoms with Crippen LogP contribution >= 0.6 is 0 Å². The van der Waals surface area contributed by atoms with Crippen molar-refractivity contribution in [3.63, 3.8) is 0 Å². The van der Waals surface area contributed by atoms with Gasteiger partial charge >= 0.3 is 10.4 Å². The number of hydrogen-bond acceptors (Lipinski definition) is 7. The lowest BCUT2D eigenvalue weighted by Gasteiger charge is -2.30. The van der Waals surface area contributed by atoms with Crippen LogP contribution in [-0.4, -0.2) is 62.0 Å². The molecule has 0 aromatic heterocycles. The Morgan fingerprint density at radius 3 is 1.24 bits per heavy atom. The SMILES string of the molecule is CCCCCCCCCCCCCCCCCC(=O)NC1=NCCN1C(CC)NC(=O)CCCCCCCCCCCCCCCCC.COS(=O)(=O)O. The highest BCUT2D eigenvalue weighted by Crippen LogP contribution is 2.16. The first-order valence-corrected chi connectivity index (χ1v) is 24.0. The van der Waals surface area contributed by atoms with Crippen molar-refractivity contribution in [2.24, 2.45) is 4.99 Å². The first-order valence-electron chi connectivity index (χ1n) is 22.6. The van der Waals surface area contributed by atoms with Gasteiger partial charge in [-0.3, -0.25) is 28.6 Å². The van der Waals surface area contributed by atoms with Crippen LogP contribution in [0.3, 0.4) is 0 Å².